The molecule has 5 heteroatoms. The van der Waals surface area contributed by atoms with Crippen LogP contribution in [0.1, 0.15) is 6.42 Å². The van der Waals surface area contributed by atoms with Crippen LogP contribution in [0.2, 0.25) is 0 Å². The lowest BCUT2D eigenvalue weighted by Crippen LogP contribution is -2.09. The van der Waals surface area contributed by atoms with E-state index >= 15 is 0 Å². The van der Waals surface area contributed by atoms with Crippen molar-refractivity contribution in [2.45, 2.75) is 6.42 Å². The second-order valence-corrected chi connectivity index (χ2v) is 3.88. The van der Waals surface area contributed by atoms with Crippen LogP contribution in [0.5, 0.6) is 11.5 Å². The van der Waals surface area contributed by atoms with Gasteiger partial charge in [0.15, 0.2) is 0 Å². The molecule has 1 N–H and O–H groups in total. The molecular weight excluding hydrogens is 242 g/mol. The van der Waals surface area contributed by atoms with Crippen molar-refractivity contribution in [1.82, 2.24) is 9.97 Å². The summed E-state index contributed by atoms with van der Waals surface area (Å²) in [6.07, 6.45) is 4.30. The zero-order valence-corrected chi connectivity index (χ0v) is 10.9. The third-order valence-electron chi connectivity index (χ3n) is 2.50. The van der Waals surface area contributed by atoms with Gasteiger partial charge < -0.3 is 14.8 Å². The molecule has 1 heterocycles. The molecule has 0 unspecified atom stereocenters. The second kappa shape index (κ2) is 7.20. The van der Waals surface area contributed by atoms with E-state index in [0.717, 1.165) is 24.5 Å². The van der Waals surface area contributed by atoms with Crippen LogP contribution in [0.25, 0.3) is 0 Å². The summed E-state index contributed by atoms with van der Waals surface area (Å²) in [5.41, 5.74) is 0. The number of methoxy groups -OCH3 is 1. The van der Waals surface area contributed by atoms with Gasteiger partial charge in [0, 0.05) is 18.9 Å². The highest BCUT2D eigenvalue weighted by molar-refractivity contribution is 5.31. The summed E-state index contributed by atoms with van der Waals surface area (Å²) in [7, 11) is 1.65. The third-order valence-corrected chi connectivity index (χ3v) is 2.50. The van der Waals surface area contributed by atoms with Crippen LogP contribution in [-0.2, 0) is 0 Å². The highest BCUT2D eigenvalue weighted by Gasteiger charge is 1.96. The smallest absolute Gasteiger partial charge is 0.222 e. The van der Waals surface area contributed by atoms with Crippen LogP contribution in [0, 0.1) is 0 Å². The van der Waals surface area contributed by atoms with Gasteiger partial charge in [-0.2, -0.15) is 0 Å². The molecule has 19 heavy (non-hydrogen) atoms. The maximum absolute atomic E-state index is 5.61. The van der Waals surface area contributed by atoms with Crippen molar-refractivity contribution < 1.29 is 9.47 Å². The second-order valence-electron chi connectivity index (χ2n) is 3.88. The van der Waals surface area contributed by atoms with E-state index in [2.05, 4.69) is 15.3 Å². The summed E-state index contributed by atoms with van der Waals surface area (Å²) in [5, 5.41) is 3.13. The summed E-state index contributed by atoms with van der Waals surface area (Å²) in [6.45, 7) is 1.42. The Morgan fingerprint density at radius 2 is 1.74 bits per heavy atom. The molecule has 2 aromatic rings. The first-order valence-electron chi connectivity index (χ1n) is 6.16. The lowest BCUT2D eigenvalue weighted by Gasteiger charge is -2.07. The Balaban J connectivity index is 1.63. The summed E-state index contributed by atoms with van der Waals surface area (Å²) in [4.78, 5) is 8.15. The van der Waals surface area contributed by atoms with Crippen molar-refractivity contribution in [2.24, 2.45) is 0 Å². The third kappa shape index (κ3) is 4.46. The quantitative estimate of drug-likeness (QED) is 0.774. The van der Waals surface area contributed by atoms with Gasteiger partial charge in [0.2, 0.25) is 5.95 Å². The fourth-order valence-electron chi connectivity index (χ4n) is 1.52. The molecule has 0 saturated carbocycles. The molecule has 0 aliphatic heterocycles. The minimum Gasteiger partial charge on any atom is -0.497 e. The number of ether oxygens (including phenoxy) is 2. The van der Waals surface area contributed by atoms with Crippen molar-refractivity contribution in [3.05, 3.63) is 42.7 Å². The number of anilines is 1. The van der Waals surface area contributed by atoms with Crippen LogP contribution in [0.15, 0.2) is 42.7 Å². The van der Waals surface area contributed by atoms with Gasteiger partial charge in [-0.25, -0.2) is 9.97 Å². The van der Waals surface area contributed by atoms with E-state index in [4.69, 9.17) is 9.47 Å². The molecule has 0 aliphatic rings. The molecule has 5 nitrogen and oxygen atoms in total. The number of nitrogens with zero attached hydrogens (tertiary/aromatic N) is 2. The van der Waals surface area contributed by atoms with Crippen molar-refractivity contribution in [3.8, 4) is 11.5 Å². The van der Waals surface area contributed by atoms with Gasteiger partial charge in [-0.05, 0) is 36.8 Å². The van der Waals surface area contributed by atoms with Gasteiger partial charge in [0.1, 0.15) is 11.5 Å². The molecule has 0 fully saturated rings. The van der Waals surface area contributed by atoms with Gasteiger partial charge in [-0.3, -0.25) is 0 Å². The van der Waals surface area contributed by atoms with Crippen molar-refractivity contribution in [3.63, 3.8) is 0 Å². The number of nitrogens with one attached hydrogen (secondary N) is 1. The molecule has 0 amide bonds. The first kappa shape index (κ1) is 13.1. The molecule has 100 valence electrons. The number of hydrogen-bond acceptors (Lipinski definition) is 5. The van der Waals surface area contributed by atoms with Crippen LogP contribution in [0.4, 0.5) is 5.95 Å². The summed E-state index contributed by atoms with van der Waals surface area (Å²) in [5.74, 6) is 2.32. The minimum atomic E-state index is 0.645. The Morgan fingerprint density at radius 1 is 1.05 bits per heavy atom. The van der Waals surface area contributed by atoms with E-state index in [-0.39, 0.29) is 0 Å². The summed E-state index contributed by atoms with van der Waals surface area (Å²) >= 11 is 0. The highest BCUT2D eigenvalue weighted by atomic mass is 16.5. The van der Waals surface area contributed by atoms with E-state index in [1.165, 1.54) is 0 Å². The summed E-state index contributed by atoms with van der Waals surface area (Å²) in [6, 6.07) is 9.34. The number of aromatic nitrogens is 2. The Kier molecular flexibility index (Phi) is 4.98. The van der Waals surface area contributed by atoms with E-state index in [0.29, 0.717) is 12.6 Å². The molecule has 1 aromatic carbocycles. The SMILES string of the molecule is COc1ccc(OCCCNc2ncccn2)cc1. The normalized spacial score (nSPS) is 9.95. The van der Waals surface area contributed by atoms with E-state index in [1.54, 1.807) is 25.6 Å². The maximum atomic E-state index is 5.61. The predicted octanol–water partition coefficient (Wildman–Crippen LogP) is 2.37. The zero-order chi connectivity index (χ0) is 13.3. The largest absolute Gasteiger partial charge is 0.497 e. The van der Waals surface area contributed by atoms with Crippen molar-refractivity contribution in [2.75, 3.05) is 25.6 Å². The highest BCUT2D eigenvalue weighted by Crippen LogP contribution is 2.16. The fourth-order valence-corrected chi connectivity index (χ4v) is 1.52. The molecule has 1 aromatic heterocycles. The fraction of sp³-hybridized carbons (Fsp3) is 0.286. The monoisotopic (exact) mass is 259 g/mol. The predicted molar refractivity (Wildman–Crippen MR) is 73.6 cm³/mol. The number of benzene rings is 1. The first-order valence-corrected chi connectivity index (χ1v) is 6.16. The standard InChI is InChI=1S/C14H17N3O2/c1-18-12-4-6-13(7-5-12)19-11-3-10-17-14-15-8-2-9-16-14/h2,4-9H,3,10-11H2,1H3,(H,15,16,17). The summed E-state index contributed by atoms with van der Waals surface area (Å²) < 4.78 is 10.7. The minimum absolute atomic E-state index is 0.645. The van der Waals surface area contributed by atoms with Gasteiger partial charge >= 0.3 is 0 Å². The zero-order valence-electron chi connectivity index (χ0n) is 10.9. The molecule has 0 bridgehead atoms. The van der Waals surface area contributed by atoms with Gasteiger partial charge in [-0.1, -0.05) is 0 Å². The molecule has 0 saturated heterocycles. The Hall–Kier alpha value is -2.30. The lowest BCUT2D eigenvalue weighted by molar-refractivity contribution is 0.314. The Labute approximate surface area is 112 Å². The van der Waals surface area contributed by atoms with E-state index in [1.807, 2.05) is 24.3 Å². The molecule has 2 rings (SSSR count). The molecule has 0 spiro atoms. The van der Waals surface area contributed by atoms with Crippen molar-refractivity contribution in [1.29, 1.82) is 0 Å². The molecule has 0 atom stereocenters. The van der Waals surface area contributed by atoms with Crippen LogP contribution in [0.3, 0.4) is 0 Å². The van der Waals surface area contributed by atoms with Gasteiger partial charge in [0.05, 0.1) is 13.7 Å². The van der Waals surface area contributed by atoms with Gasteiger partial charge in [0.25, 0.3) is 0 Å². The number of hydrogen-bond donors (Lipinski definition) is 1. The average Bonchev–Trinajstić information content (AvgIpc) is 2.49. The van der Waals surface area contributed by atoms with Gasteiger partial charge in [-0.15, -0.1) is 0 Å². The topological polar surface area (TPSA) is 56.3 Å². The molecule has 0 radical (unpaired) electrons. The number of rotatable bonds is 7. The van der Waals surface area contributed by atoms with Crippen molar-refractivity contribution >= 4 is 5.95 Å². The molecule has 0 aliphatic carbocycles. The van der Waals surface area contributed by atoms with E-state index < -0.39 is 0 Å². The average molecular weight is 259 g/mol. The Bertz CT molecular complexity index is 474. The lowest BCUT2D eigenvalue weighted by atomic mass is 10.3. The van der Waals surface area contributed by atoms with Crippen LogP contribution >= 0.6 is 0 Å². The van der Waals surface area contributed by atoms with Crippen LogP contribution in [-0.4, -0.2) is 30.2 Å². The van der Waals surface area contributed by atoms with E-state index in [9.17, 15) is 0 Å². The maximum Gasteiger partial charge on any atom is 0.222 e. The Morgan fingerprint density at radius 3 is 2.42 bits per heavy atom. The first-order chi connectivity index (χ1) is 9.38. The molecular formula is C14H17N3O2. The van der Waals surface area contributed by atoms with Crippen LogP contribution < -0.4 is 14.8 Å².